The second-order valence-corrected chi connectivity index (χ2v) is 7.55. The summed E-state index contributed by atoms with van der Waals surface area (Å²) >= 11 is 9.65. The van der Waals surface area contributed by atoms with Gasteiger partial charge in [-0.3, -0.25) is 0 Å². The van der Waals surface area contributed by atoms with Crippen LogP contribution in [0.3, 0.4) is 0 Å². The number of nitrogens with zero attached hydrogens (tertiary/aromatic N) is 4. The maximum absolute atomic E-state index is 12.6. The molecule has 0 spiro atoms. The normalized spacial score (nSPS) is 13.3. The van der Waals surface area contributed by atoms with E-state index in [9.17, 15) is 4.79 Å². The first-order chi connectivity index (χ1) is 13.1. The molecule has 3 heterocycles. The molecule has 0 saturated carbocycles. The molecule has 0 atom stereocenters. The third-order valence-electron chi connectivity index (χ3n) is 4.71. The Morgan fingerprint density at radius 2 is 2.11 bits per heavy atom. The Bertz CT molecular complexity index is 1260. The molecule has 0 N–H and O–H groups in total. The van der Waals surface area contributed by atoms with Gasteiger partial charge in [0.1, 0.15) is 10.3 Å². The number of benzene rings is 1. The molecule has 6 nitrogen and oxygen atoms in total. The monoisotopic (exact) mass is 442 g/mol. The summed E-state index contributed by atoms with van der Waals surface area (Å²) in [6, 6.07) is 8.98. The van der Waals surface area contributed by atoms with E-state index in [1.54, 1.807) is 30.5 Å². The van der Waals surface area contributed by atoms with Gasteiger partial charge in [0.2, 0.25) is 5.89 Å². The van der Waals surface area contributed by atoms with E-state index in [1.165, 1.54) is 10.2 Å². The van der Waals surface area contributed by atoms with Crippen molar-refractivity contribution >= 4 is 38.4 Å². The molecule has 8 heteroatoms. The number of hydrogen-bond donors (Lipinski definition) is 0. The standard InChI is InChI=1S/C19H12BrClN4O2/c20-15-9-14(25(24-15)17-13(21)5-2-8-22-17)18-23-16-11-4-1-3-10(11)6-7-12(16)19(26)27-18/h2,5-9H,1,3-4H2. The predicted octanol–water partition coefficient (Wildman–Crippen LogP) is 4.34. The van der Waals surface area contributed by atoms with Gasteiger partial charge in [-0.15, -0.1) is 0 Å². The first-order valence-corrected chi connectivity index (χ1v) is 9.61. The number of aryl methyl sites for hydroxylation is 2. The summed E-state index contributed by atoms with van der Waals surface area (Å²) in [5.74, 6) is 0.621. The van der Waals surface area contributed by atoms with Crippen LogP contribution in [0.25, 0.3) is 28.3 Å². The fourth-order valence-corrected chi connectivity index (χ4v) is 4.09. The molecule has 134 valence electrons. The van der Waals surface area contributed by atoms with Gasteiger partial charge in [-0.05, 0) is 64.5 Å². The highest BCUT2D eigenvalue weighted by molar-refractivity contribution is 9.10. The molecule has 0 radical (unpaired) electrons. The fourth-order valence-electron chi connectivity index (χ4n) is 3.52. The minimum absolute atomic E-state index is 0.188. The molecule has 27 heavy (non-hydrogen) atoms. The van der Waals surface area contributed by atoms with Gasteiger partial charge in [0.25, 0.3) is 0 Å². The van der Waals surface area contributed by atoms with Crippen LogP contribution >= 0.6 is 27.5 Å². The van der Waals surface area contributed by atoms with E-state index >= 15 is 0 Å². The third kappa shape index (κ3) is 2.69. The van der Waals surface area contributed by atoms with Crippen LogP contribution in [0, 0.1) is 0 Å². The van der Waals surface area contributed by atoms with Crippen molar-refractivity contribution in [3.05, 3.63) is 67.7 Å². The summed E-state index contributed by atoms with van der Waals surface area (Å²) in [6.07, 6.45) is 4.61. The number of halogens is 2. The van der Waals surface area contributed by atoms with Crippen molar-refractivity contribution in [3.63, 3.8) is 0 Å². The third-order valence-corrected chi connectivity index (χ3v) is 5.40. The minimum atomic E-state index is -0.416. The number of hydrogen-bond acceptors (Lipinski definition) is 5. The van der Waals surface area contributed by atoms with Gasteiger partial charge >= 0.3 is 5.63 Å². The van der Waals surface area contributed by atoms with E-state index in [1.807, 2.05) is 6.07 Å². The molecule has 4 aromatic rings. The second-order valence-electron chi connectivity index (χ2n) is 6.33. The van der Waals surface area contributed by atoms with Crippen LogP contribution in [-0.4, -0.2) is 19.7 Å². The van der Waals surface area contributed by atoms with Gasteiger partial charge in [0.15, 0.2) is 5.82 Å². The quantitative estimate of drug-likeness (QED) is 0.461. The van der Waals surface area contributed by atoms with Gasteiger partial charge in [0, 0.05) is 12.3 Å². The maximum Gasteiger partial charge on any atom is 0.347 e. The van der Waals surface area contributed by atoms with Crippen molar-refractivity contribution < 1.29 is 4.42 Å². The van der Waals surface area contributed by atoms with Crippen molar-refractivity contribution in [1.29, 1.82) is 0 Å². The number of fused-ring (bicyclic) bond motifs is 3. The lowest BCUT2D eigenvalue weighted by atomic mass is 10.1. The van der Waals surface area contributed by atoms with E-state index in [0.29, 0.717) is 32.0 Å². The van der Waals surface area contributed by atoms with Crippen molar-refractivity contribution in [2.75, 3.05) is 0 Å². The SMILES string of the molecule is O=c1oc(-c2cc(Br)nn2-c2ncccc2Cl)nc2c3c(ccc12)CCC3. The van der Waals surface area contributed by atoms with E-state index in [4.69, 9.17) is 16.0 Å². The topological polar surface area (TPSA) is 73.8 Å². The zero-order valence-corrected chi connectivity index (χ0v) is 16.3. The summed E-state index contributed by atoms with van der Waals surface area (Å²) in [5.41, 5.74) is 3.15. The van der Waals surface area contributed by atoms with Crippen molar-refractivity contribution in [1.82, 2.24) is 19.7 Å². The fraction of sp³-hybridized carbons (Fsp3) is 0.158. The van der Waals surface area contributed by atoms with E-state index in [2.05, 4.69) is 31.0 Å². The number of pyridine rings is 1. The van der Waals surface area contributed by atoms with E-state index in [-0.39, 0.29) is 5.89 Å². The molecule has 0 aliphatic heterocycles. The Morgan fingerprint density at radius 1 is 1.22 bits per heavy atom. The summed E-state index contributed by atoms with van der Waals surface area (Å²) < 4.78 is 7.61. The Morgan fingerprint density at radius 3 is 2.96 bits per heavy atom. The van der Waals surface area contributed by atoms with Crippen molar-refractivity contribution in [3.8, 4) is 17.4 Å². The Labute approximate surface area is 166 Å². The lowest BCUT2D eigenvalue weighted by Gasteiger charge is -2.08. The summed E-state index contributed by atoms with van der Waals surface area (Å²) in [4.78, 5) is 21.6. The molecule has 0 amide bonds. The van der Waals surface area contributed by atoms with Gasteiger partial charge in [0.05, 0.1) is 15.9 Å². The van der Waals surface area contributed by atoms with Crippen LogP contribution < -0.4 is 5.63 Å². The van der Waals surface area contributed by atoms with E-state index in [0.717, 1.165) is 24.8 Å². The largest absolute Gasteiger partial charge is 0.401 e. The zero-order valence-electron chi connectivity index (χ0n) is 13.9. The van der Waals surface area contributed by atoms with E-state index < -0.39 is 5.63 Å². The Hall–Kier alpha value is -2.51. The number of rotatable bonds is 2. The van der Waals surface area contributed by atoms with Crippen LogP contribution in [-0.2, 0) is 12.8 Å². The van der Waals surface area contributed by atoms with Crippen LogP contribution in [0.5, 0.6) is 0 Å². The first kappa shape index (κ1) is 16.6. The lowest BCUT2D eigenvalue weighted by molar-refractivity contribution is 0.513. The zero-order chi connectivity index (χ0) is 18.5. The van der Waals surface area contributed by atoms with Gasteiger partial charge in [-0.25, -0.2) is 19.4 Å². The molecular formula is C19H12BrClN4O2. The minimum Gasteiger partial charge on any atom is -0.401 e. The Kier molecular flexibility index (Phi) is 3.87. The van der Waals surface area contributed by atoms with Crippen LogP contribution in [0.15, 0.2) is 50.3 Å². The molecule has 5 rings (SSSR count). The molecular weight excluding hydrogens is 432 g/mol. The summed E-state index contributed by atoms with van der Waals surface area (Å²) in [6.45, 7) is 0. The molecule has 1 aromatic carbocycles. The maximum atomic E-state index is 12.6. The highest BCUT2D eigenvalue weighted by Crippen LogP contribution is 2.31. The molecule has 0 saturated heterocycles. The van der Waals surface area contributed by atoms with Gasteiger partial charge < -0.3 is 4.42 Å². The average molecular weight is 444 g/mol. The Balaban J connectivity index is 1.78. The number of aromatic nitrogens is 4. The van der Waals surface area contributed by atoms with Crippen LogP contribution in [0.4, 0.5) is 0 Å². The van der Waals surface area contributed by atoms with Crippen LogP contribution in [0.1, 0.15) is 17.5 Å². The summed E-state index contributed by atoms with van der Waals surface area (Å²) in [5, 5.41) is 5.31. The second kappa shape index (κ2) is 6.28. The van der Waals surface area contributed by atoms with Crippen molar-refractivity contribution in [2.45, 2.75) is 19.3 Å². The summed E-state index contributed by atoms with van der Waals surface area (Å²) in [7, 11) is 0. The molecule has 1 aliphatic carbocycles. The molecule has 1 aliphatic rings. The van der Waals surface area contributed by atoms with Crippen LogP contribution in [0.2, 0.25) is 5.02 Å². The van der Waals surface area contributed by atoms with Gasteiger partial charge in [-0.1, -0.05) is 17.7 Å². The first-order valence-electron chi connectivity index (χ1n) is 8.44. The molecule has 0 fully saturated rings. The molecule has 0 bridgehead atoms. The average Bonchev–Trinajstić information content (AvgIpc) is 3.28. The molecule has 3 aromatic heterocycles. The van der Waals surface area contributed by atoms with Gasteiger partial charge in [-0.2, -0.15) is 5.10 Å². The smallest absolute Gasteiger partial charge is 0.347 e. The predicted molar refractivity (Wildman–Crippen MR) is 105 cm³/mol. The lowest BCUT2D eigenvalue weighted by Crippen LogP contribution is -2.08. The highest BCUT2D eigenvalue weighted by atomic mass is 79.9. The molecule has 0 unspecified atom stereocenters. The van der Waals surface area contributed by atoms with Crippen molar-refractivity contribution in [2.24, 2.45) is 0 Å². The highest BCUT2D eigenvalue weighted by Gasteiger charge is 2.21.